The van der Waals surface area contributed by atoms with Crippen molar-refractivity contribution in [3.63, 3.8) is 0 Å². The van der Waals surface area contributed by atoms with Gasteiger partial charge in [0, 0.05) is 0 Å². The van der Waals surface area contributed by atoms with Gasteiger partial charge in [0.2, 0.25) is 0 Å². The highest BCUT2D eigenvalue weighted by atomic mass is 35.5. The number of nitrogens with two attached hydrogens (primary N) is 1. The summed E-state index contributed by atoms with van der Waals surface area (Å²) in [6.45, 7) is 0. The molecule has 0 spiro atoms. The second-order valence-corrected chi connectivity index (χ2v) is 2.70. The molecule has 0 aromatic heterocycles. The lowest BCUT2D eigenvalue weighted by Gasteiger charge is -2.10. The van der Waals surface area contributed by atoms with Gasteiger partial charge in [0.25, 0.3) is 0 Å². The van der Waals surface area contributed by atoms with Crippen LogP contribution in [0.5, 0.6) is 0 Å². The lowest BCUT2D eigenvalue weighted by atomic mass is 10.2. The molecule has 1 aromatic carbocycles. The molecule has 6 heteroatoms. The van der Waals surface area contributed by atoms with E-state index in [0.717, 1.165) is 6.07 Å². The van der Waals surface area contributed by atoms with Gasteiger partial charge < -0.3 is 5.73 Å². The van der Waals surface area contributed by atoms with E-state index in [4.69, 9.17) is 17.3 Å². The fourth-order valence-electron chi connectivity index (χ4n) is 0.828. The van der Waals surface area contributed by atoms with Crippen LogP contribution in [0.2, 0.25) is 5.02 Å². The summed E-state index contributed by atoms with van der Waals surface area (Å²) in [6, 6.07) is 1.61. The molecule has 0 bridgehead atoms. The molecule has 2 N–H and O–H groups in total. The first kappa shape index (κ1) is 10.1. The van der Waals surface area contributed by atoms with E-state index in [1.807, 2.05) is 0 Å². The minimum atomic E-state index is -4.82. The van der Waals surface area contributed by atoms with Crippen LogP contribution in [0, 0.1) is 5.82 Å². The first-order valence-electron chi connectivity index (χ1n) is 3.14. The Labute approximate surface area is 76.1 Å². The molecule has 13 heavy (non-hydrogen) atoms. The van der Waals surface area contributed by atoms with Crippen molar-refractivity contribution in [2.75, 3.05) is 5.73 Å². The second-order valence-electron chi connectivity index (χ2n) is 2.32. The van der Waals surface area contributed by atoms with Gasteiger partial charge in [-0.2, -0.15) is 13.2 Å². The summed E-state index contributed by atoms with van der Waals surface area (Å²) in [5.74, 6) is -1.42. The molecule has 0 unspecified atom stereocenters. The third kappa shape index (κ3) is 1.85. The van der Waals surface area contributed by atoms with Crippen molar-refractivity contribution in [1.29, 1.82) is 0 Å². The van der Waals surface area contributed by atoms with E-state index in [2.05, 4.69) is 0 Å². The predicted octanol–water partition coefficient (Wildman–Crippen LogP) is 3.08. The van der Waals surface area contributed by atoms with Crippen molar-refractivity contribution in [3.05, 3.63) is 28.5 Å². The summed E-state index contributed by atoms with van der Waals surface area (Å²) in [4.78, 5) is 0. The zero-order chi connectivity index (χ0) is 10.2. The summed E-state index contributed by atoms with van der Waals surface area (Å²) >= 11 is 5.20. The smallest absolute Gasteiger partial charge is 0.398 e. The van der Waals surface area contributed by atoms with Gasteiger partial charge in [-0.05, 0) is 12.1 Å². The molecular formula is C7H4ClF4N. The van der Waals surface area contributed by atoms with Crippen LogP contribution >= 0.6 is 11.6 Å². The Balaban J connectivity index is 3.43. The van der Waals surface area contributed by atoms with E-state index in [1.165, 1.54) is 0 Å². The summed E-state index contributed by atoms with van der Waals surface area (Å²) < 4.78 is 49.0. The number of halogens is 5. The number of benzene rings is 1. The van der Waals surface area contributed by atoms with Crippen molar-refractivity contribution in [3.8, 4) is 0 Å². The molecule has 72 valence electrons. The standard InChI is InChI=1S/C7H4ClF4N/c8-6-4(13)2-1-3(9)5(6)7(10,11)12/h1-2H,13H2. The first-order valence-corrected chi connectivity index (χ1v) is 3.52. The number of anilines is 1. The highest BCUT2D eigenvalue weighted by Gasteiger charge is 2.37. The molecule has 0 saturated heterocycles. The molecule has 0 aliphatic rings. The summed E-state index contributed by atoms with van der Waals surface area (Å²) in [5.41, 5.74) is 3.27. The predicted molar refractivity (Wildman–Crippen MR) is 40.8 cm³/mol. The van der Waals surface area contributed by atoms with E-state index in [9.17, 15) is 17.6 Å². The van der Waals surface area contributed by atoms with E-state index in [0.29, 0.717) is 6.07 Å². The summed E-state index contributed by atoms with van der Waals surface area (Å²) in [5, 5.41) is -0.799. The average Bonchev–Trinajstić information content (AvgIpc) is 1.95. The number of hydrogen-bond acceptors (Lipinski definition) is 1. The maximum absolute atomic E-state index is 12.7. The number of hydrogen-bond donors (Lipinski definition) is 1. The zero-order valence-electron chi connectivity index (χ0n) is 6.12. The highest BCUT2D eigenvalue weighted by molar-refractivity contribution is 6.33. The van der Waals surface area contributed by atoms with Crippen molar-refractivity contribution in [2.24, 2.45) is 0 Å². The Morgan fingerprint density at radius 1 is 1.23 bits per heavy atom. The molecule has 0 saturated carbocycles. The van der Waals surface area contributed by atoms with Crippen LogP contribution in [0.25, 0.3) is 0 Å². The van der Waals surface area contributed by atoms with Crippen molar-refractivity contribution in [1.82, 2.24) is 0 Å². The van der Waals surface area contributed by atoms with E-state index >= 15 is 0 Å². The topological polar surface area (TPSA) is 26.0 Å². The van der Waals surface area contributed by atoms with Crippen LogP contribution in [0.4, 0.5) is 23.2 Å². The maximum atomic E-state index is 12.7. The largest absolute Gasteiger partial charge is 0.420 e. The molecule has 0 amide bonds. The van der Waals surface area contributed by atoms with Crippen molar-refractivity contribution in [2.45, 2.75) is 6.18 Å². The minimum Gasteiger partial charge on any atom is -0.398 e. The molecule has 0 aliphatic heterocycles. The number of alkyl halides is 3. The fourth-order valence-corrected chi connectivity index (χ4v) is 1.09. The Hall–Kier alpha value is -0.970. The molecular weight excluding hydrogens is 210 g/mol. The normalized spacial score (nSPS) is 11.8. The van der Waals surface area contributed by atoms with Gasteiger partial charge >= 0.3 is 6.18 Å². The van der Waals surface area contributed by atoms with E-state index in [1.54, 1.807) is 0 Å². The molecule has 0 fully saturated rings. The Bertz CT molecular complexity index is 334. The van der Waals surface area contributed by atoms with Crippen molar-refractivity contribution < 1.29 is 17.6 Å². The van der Waals surface area contributed by atoms with Crippen LogP contribution < -0.4 is 5.73 Å². The number of nitrogen functional groups attached to an aromatic ring is 1. The molecule has 0 heterocycles. The molecule has 1 aromatic rings. The Morgan fingerprint density at radius 3 is 2.15 bits per heavy atom. The van der Waals surface area contributed by atoms with Crippen molar-refractivity contribution >= 4 is 17.3 Å². The third-order valence-electron chi connectivity index (χ3n) is 1.40. The van der Waals surface area contributed by atoms with E-state index in [-0.39, 0.29) is 5.69 Å². The van der Waals surface area contributed by atoms with Gasteiger partial charge in [-0.3, -0.25) is 0 Å². The third-order valence-corrected chi connectivity index (χ3v) is 1.81. The number of rotatable bonds is 0. The van der Waals surface area contributed by atoms with Gasteiger partial charge in [0.15, 0.2) is 0 Å². The van der Waals surface area contributed by atoms with Crippen LogP contribution in [0.1, 0.15) is 5.56 Å². The summed E-state index contributed by atoms with van der Waals surface area (Å²) in [6.07, 6.45) is -4.82. The average molecular weight is 214 g/mol. The van der Waals surface area contributed by atoms with Crippen LogP contribution in [-0.4, -0.2) is 0 Å². The van der Waals surface area contributed by atoms with Gasteiger partial charge in [0.1, 0.15) is 11.4 Å². The van der Waals surface area contributed by atoms with Gasteiger partial charge in [-0.25, -0.2) is 4.39 Å². The van der Waals surface area contributed by atoms with Crippen LogP contribution in [-0.2, 0) is 6.18 Å². The lowest BCUT2D eigenvalue weighted by molar-refractivity contribution is -0.139. The maximum Gasteiger partial charge on any atom is 0.420 e. The second kappa shape index (κ2) is 3.06. The van der Waals surface area contributed by atoms with Crippen LogP contribution in [0.15, 0.2) is 12.1 Å². The lowest BCUT2D eigenvalue weighted by Crippen LogP contribution is -2.10. The molecule has 1 nitrogen and oxygen atoms in total. The molecule has 0 aliphatic carbocycles. The fraction of sp³-hybridized carbons (Fsp3) is 0.143. The molecule has 0 atom stereocenters. The van der Waals surface area contributed by atoms with Gasteiger partial charge in [-0.15, -0.1) is 0 Å². The zero-order valence-corrected chi connectivity index (χ0v) is 6.88. The SMILES string of the molecule is Nc1ccc(F)c(C(F)(F)F)c1Cl. The van der Waals surface area contributed by atoms with Crippen LogP contribution in [0.3, 0.4) is 0 Å². The highest BCUT2D eigenvalue weighted by Crippen LogP contribution is 2.38. The Kier molecular flexibility index (Phi) is 2.38. The van der Waals surface area contributed by atoms with Gasteiger partial charge in [0.05, 0.1) is 10.7 Å². The molecule has 1 rings (SSSR count). The van der Waals surface area contributed by atoms with E-state index < -0.39 is 22.6 Å². The van der Waals surface area contributed by atoms with Gasteiger partial charge in [-0.1, -0.05) is 11.6 Å². The first-order chi connectivity index (χ1) is 5.84. The minimum absolute atomic E-state index is 0.296. The quantitative estimate of drug-likeness (QED) is 0.520. The molecule has 0 radical (unpaired) electrons. The monoisotopic (exact) mass is 213 g/mol. The Morgan fingerprint density at radius 2 is 1.77 bits per heavy atom. The summed E-state index contributed by atoms with van der Waals surface area (Å²) in [7, 11) is 0.